The molecule has 0 bridgehead atoms. The standard InChI is InChI=1S/C23H31N3O.C16H16N2O3S.C12H27P.2C9H10N2O.C9H12N2.C9H9NO.C7H7ClO2S.C2H4O2.2CH4.B.ClH.2K.H3NO.H2O/c1-16-13-18(14-17(2)22(16)25-21(27)15-23(3,4)5)26-12-7-6-9-19-20(26)10-8-11-24-19;1-12-7-9-13(10-8-12)22(19,20)21-18-16-6-2-5-15-14(16)4-3-11-17-15;1-10(2,3)13(11(4,5)6)12(7,8)9;12-11-9-5-1-4-8-7(9)3-2-6-10-8;12-9-5-1-3-7-8(11-9)4-2-6-10-7;1-2-6-10-9-5-3-7-11-8(9)4-1;11-9-5-1-4-8-7(9)3-2-6-10-8;1-6-2-4-7(5-3-6)11(8,9)10;1-2(3)4;;;;;;;1-2;/h8,10-11,13-14H,6-7,9,12,15H2,1-5H3,(H,25,27);3-4,7-11H,2,5-6H2,1H3;1-9H3;2-3,6,12H,1,4-5H2;2,4,6H,1,3,5H2,(H,11,12);3,5,7,10H,1-2,4,6H2;2-3,6H,1,4-5H2;2-5H,1H3;1H3,(H,3,4);2*1H4;;1H;;;2H,1H2;1H2/q;;;;;;;;;;;;;2*+1;;/p-2/b;18-16+;;11-9+;;;;;;;;;;;;;. The second-order valence-corrected chi connectivity index (χ2v) is 43.9. The maximum Gasteiger partial charge on any atom is 1.00 e. The summed E-state index contributed by atoms with van der Waals surface area (Å²) in [4.78, 5) is 72.0. The fraction of sp³-hybridized carbons (Fsp3) is 0.449. The van der Waals surface area contributed by atoms with Crippen molar-refractivity contribution in [3.63, 3.8) is 0 Å². The van der Waals surface area contributed by atoms with Gasteiger partial charge in [-0.2, -0.15) is 8.42 Å². The molecular formula is C98H138BCl2K2N13O13PS2. The molecule has 0 fully saturated rings. The van der Waals surface area contributed by atoms with E-state index in [1.54, 1.807) is 49.1 Å². The van der Waals surface area contributed by atoms with Crippen LogP contribution in [0.4, 0.5) is 28.4 Å². The number of carbonyl (C=O) groups excluding carboxylic acids is 4. The molecule has 6 aliphatic rings. The molecule has 132 heavy (non-hydrogen) atoms. The van der Waals surface area contributed by atoms with Crippen molar-refractivity contribution in [2.75, 3.05) is 33.9 Å². The van der Waals surface area contributed by atoms with Crippen molar-refractivity contribution in [3.05, 3.63) is 244 Å². The normalized spacial score (nSPS) is 14.3. The molecule has 0 atom stereocenters. The summed E-state index contributed by atoms with van der Waals surface area (Å²) >= 11 is 0. The third-order valence-corrected chi connectivity index (χ3v) is 26.6. The zero-order valence-corrected chi connectivity index (χ0v) is 89.5. The molecule has 0 saturated heterocycles. The molecule has 8 N–H and O–H groups in total. The Balaban J connectivity index is 0. The Hall–Kier alpha value is -6.69. The van der Waals surface area contributed by atoms with Crippen molar-refractivity contribution in [1.29, 1.82) is 0 Å². The quantitative estimate of drug-likeness (QED) is 0.0284. The number of fused-ring (bicyclic) bond motifs is 6. The van der Waals surface area contributed by atoms with Gasteiger partial charge < -0.3 is 46.6 Å². The zero-order valence-electron chi connectivity index (χ0n) is 79.2. The molecule has 15 rings (SSSR count). The van der Waals surface area contributed by atoms with Gasteiger partial charge in [-0.05, 0) is 279 Å². The average Bonchev–Trinajstić information content (AvgIpc) is 1.13. The number of benzene rings is 3. The van der Waals surface area contributed by atoms with E-state index in [0.29, 0.717) is 46.9 Å². The van der Waals surface area contributed by atoms with E-state index in [0.717, 1.165) is 176 Å². The summed E-state index contributed by atoms with van der Waals surface area (Å²) in [7, 11) is -2.33. The number of halogens is 2. The first-order chi connectivity index (χ1) is 59.0. The molecule has 3 aliphatic heterocycles. The summed E-state index contributed by atoms with van der Waals surface area (Å²) in [6.45, 7) is 38.7. The topological polar surface area (TPSA) is 407 Å². The van der Waals surface area contributed by atoms with Gasteiger partial charge in [-0.15, -0.1) is 12.4 Å². The van der Waals surface area contributed by atoms with Crippen LogP contribution in [0.2, 0.25) is 0 Å². The van der Waals surface area contributed by atoms with Gasteiger partial charge in [0.1, 0.15) is 4.90 Å². The van der Waals surface area contributed by atoms with Crippen molar-refractivity contribution in [2.24, 2.45) is 21.6 Å². The average molecular weight is 1960 g/mol. The maximum atomic E-state index is 12.4. The first-order valence-corrected chi connectivity index (χ1v) is 47.5. The number of nitrogens with zero attached hydrogens (tertiary/aromatic N) is 9. The third kappa shape index (κ3) is 43.8. The molecule has 709 valence electrons. The molecule has 9 heterocycles. The summed E-state index contributed by atoms with van der Waals surface area (Å²) < 4.78 is 50.6. The van der Waals surface area contributed by atoms with Crippen molar-refractivity contribution in [1.82, 2.24) is 29.9 Å². The molecule has 3 aromatic carbocycles. The molecule has 34 heteroatoms. The molecule has 0 unspecified atom stereocenters. The van der Waals surface area contributed by atoms with Gasteiger partial charge >= 0.3 is 113 Å². The van der Waals surface area contributed by atoms with Crippen LogP contribution in [-0.2, 0) is 76.4 Å². The van der Waals surface area contributed by atoms with E-state index < -0.39 is 25.1 Å². The van der Waals surface area contributed by atoms with E-state index in [1.165, 1.54) is 72.0 Å². The van der Waals surface area contributed by atoms with Crippen LogP contribution in [0, 0.1) is 33.1 Å². The predicted octanol–water partition coefficient (Wildman–Crippen LogP) is 14.8. The largest absolute Gasteiger partial charge is 1.00 e. The number of nitrogens with two attached hydrogens (primary N) is 1. The monoisotopic (exact) mass is 1960 g/mol. The van der Waals surface area contributed by atoms with Crippen LogP contribution in [0.3, 0.4) is 0 Å². The number of aromatic nitrogens is 6. The number of hydrogen-bond acceptors (Lipinski definition) is 24. The van der Waals surface area contributed by atoms with Gasteiger partial charge in [0.05, 0.1) is 56.2 Å². The number of anilines is 5. The van der Waals surface area contributed by atoms with E-state index in [-0.39, 0.29) is 185 Å². The van der Waals surface area contributed by atoms with Crippen LogP contribution in [0.5, 0.6) is 0 Å². The van der Waals surface area contributed by atoms with Gasteiger partial charge in [-0.25, -0.2) is 14.3 Å². The maximum absolute atomic E-state index is 12.4. The first kappa shape index (κ1) is 127. The Bertz CT molecular complexity index is 5250. The number of ketones is 1. The van der Waals surface area contributed by atoms with Gasteiger partial charge in [-0.3, -0.25) is 48.6 Å². The summed E-state index contributed by atoms with van der Waals surface area (Å²) in [5.41, 5.74) is 20.1. The van der Waals surface area contributed by atoms with Gasteiger partial charge in [0.25, 0.3) is 9.05 Å². The smallest absolute Gasteiger partial charge is 0.870 e. The molecule has 3 aliphatic carbocycles. The fourth-order valence-corrected chi connectivity index (χ4v) is 23.3. The Kier molecular flexibility index (Phi) is 60.0. The number of carbonyl (C=O) groups is 4. The van der Waals surface area contributed by atoms with Crippen LogP contribution < -0.4 is 135 Å². The Morgan fingerprint density at radius 3 is 1.39 bits per heavy atom. The summed E-state index contributed by atoms with van der Waals surface area (Å²) in [6, 6.07) is 40.4. The molecule has 6 aromatic heterocycles. The second-order valence-electron chi connectivity index (χ2n) is 35.1. The summed E-state index contributed by atoms with van der Waals surface area (Å²) in [5, 5.41) is 41.9. The fourth-order valence-electron chi connectivity index (χ4n) is 15.7. The molecule has 9 aromatic rings. The SMILES string of the molecule is C.C.CC(=O)[O-].CC(C)(C)P(C(C)(C)C)C(C)(C)C.Cc1cc(N2CCCCc3ncccc32)cc(C)c1NC(=O)CC(C)(C)C.Cc1ccc(S(=O)(=O)Cl)cc1.Cc1ccc(S(=O)(=O)O/N=C2\CCCc3ncccc32)cc1.Cl.NO.O/N=C1\CCCc2ncccc21.O=C1CCCc2ncccc21.O=C1CCCc2ncccc2N1.[B].[K+].[K+].[OH-].c1cnc2c(c1)NCCCC2. The molecule has 0 saturated carbocycles. The number of hydrogen-bond donors (Lipinski definition) is 6. The minimum atomic E-state index is -3.89. The number of aliphatic carboxylic acids is 1. The Morgan fingerprint density at radius 2 is 0.924 bits per heavy atom. The van der Waals surface area contributed by atoms with Crippen molar-refractivity contribution >= 4 is 122 Å². The predicted molar refractivity (Wildman–Crippen MR) is 530 cm³/mol. The van der Waals surface area contributed by atoms with Crippen LogP contribution in [-0.4, -0.2) is 135 Å². The van der Waals surface area contributed by atoms with Gasteiger partial charge in [0.15, 0.2) is 5.78 Å². The minimum absolute atomic E-state index is 0. The van der Waals surface area contributed by atoms with Gasteiger partial charge in [0, 0.05) is 134 Å². The number of Topliss-reactive ketones (excluding diaryl/α,β-unsaturated/α-hetero) is 1. The number of carboxylic acids is 1. The Labute approximate surface area is 885 Å². The molecular weight excluding hydrogens is 1820 g/mol. The van der Waals surface area contributed by atoms with Crippen LogP contribution in [0.25, 0.3) is 0 Å². The van der Waals surface area contributed by atoms with Crippen molar-refractivity contribution in [2.45, 2.75) is 280 Å². The molecule has 0 spiro atoms. The third-order valence-electron chi connectivity index (χ3n) is 20.1. The van der Waals surface area contributed by atoms with Gasteiger partial charge in [0.2, 0.25) is 11.8 Å². The van der Waals surface area contributed by atoms with Crippen molar-refractivity contribution < 1.29 is 164 Å². The van der Waals surface area contributed by atoms with Crippen LogP contribution in [0.15, 0.2) is 191 Å². The van der Waals surface area contributed by atoms with E-state index in [2.05, 4.69) is 188 Å². The molecule has 3 radical (unpaired) electrons. The number of rotatable bonds is 7. The van der Waals surface area contributed by atoms with Crippen molar-refractivity contribution in [3.8, 4) is 0 Å². The number of amides is 2. The van der Waals surface area contributed by atoms with Crippen LogP contribution >= 0.6 is 31.0 Å². The summed E-state index contributed by atoms with van der Waals surface area (Å²) in [6.07, 6.45) is 28.6. The number of aryl methyl sites for hydroxylation is 10. The number of oxime groups is 2. The number of carboxylic acid groups (broad SMARTS) is 1. The zero-order chi connectivity index (χ0) is 92.3. The van der Waals surface area contributed by atoms with Crippen LogP contribution in [0.1, 0.15) is 266 Å². The van der Waals surface area contributed by atoms with E-state index >= 15 is 0 Å². The summed E-state index contributed by atoms with van der Waals surface area (Å²) in [5.74, 6) is 2.84. The van der Waals surface area contributed by atoms with E-state index in [4.69, 9.17) is 35.3 Å². The molecule has 2 amide bonds. The number of nitrogens with one attached hydrogen (secondary N) is 3. The van der Waals surface area contributed by atoms with E-state index in [9.17, 15) is 31.2 Å². The van der Waals surface area contributed by atoms with Gasteiger partial charge in [-0.1, -0.05) is 152 Å². The first-order valence-electron chi connectivity index (χ1n) is 42.5. The second kappa shape index (κ2) is 62.2. The minimum Gasteiger partial charge on any atom is -0.870 e. The molecule has 26 nitrogen and oxygen atoms in total. The van der Waals surface area contributed by atoms with E-state index in [1.807, 2.05) is 86.9 Å². The Morgan fingerprint density at radius 1 is 0.538 bits per heavy atom. The number of pyridine rings is 6.